The molecule has 1 amide bonds. The van der Waals surface area contributed by atoms with E-state index in [1.165, 1.54) is 20.4 Å². The Labute approximate surface area is 150 Å². The monoisotopic (exact) mass is 369 g/mol. The number of benzene rings is 1. The minimum absolute atomic E-state index is 0.265. The zero-order valence-corrected chi connectivity index (χ0v) is 14.9. The summed E-state index contributed by atoms with van der Waals surface area (Å²) in [7, 11) is 3.04. The highest BCUT2D eigenvalue weighted by molar-refractivity contribution is 6.32. The minimum Gasteiger partial charge on any atom is -0.495 e. The minimum atomic E-state index is -0.555. The molecule has 1 aromatic heterocycles. The number of pyridine rings is 1. The first-order valence-corrected chi connectivity index (χ1v) is 7.80. The Kier molecular flexibility index (Phi) is 6.11. The fraction of sp³-hybridized carbons (Fsp3) is 0.250. The van der Waals surface area contributed by atoms with Crippen LogP contribution in [0.4, 0.5) is 11.5 Å². The summed E-state index contributed by atoms with van der Waals surface area (Å²) in [6, 6.07) is 6.01. The summed E-state index contributed by atoms with van der Waals surface area (Å²) in [6.07, 6.45) is 1.46. The third-order valence-electron chi connectivity index (χ3n) is 3.22. The number of hydrogen-bond acceptors (Lipinski definition) is 5. The van der Waals surface area contributed by atoms with Gasteiger partial charge in [0.05, 0.1) is 30.0 Å². The second kappa shape index (κ2) is 8.08. The first-order valence-electron chi connectivity index (χ1n) is 7.05. The largest absolute Gasteiger partial charge is 0.495 e. The molecule has 0 aliphatic carbocycles. The highest BCUT2D eigenvalue weighted by Gasteiger charge is 2.17. The Hall–Kier alpha value is -2.18. The van der Waals surface area contributed by atoms with Gasteiger partial charge >= 0.3 is 0 Å². The van der Waals surface area contributed by atoms with Gasteiger partial charge in [0.25, 0.3) is 0 Å². The molecule has 24 heavy (non-hydrogen) atoms. The molecule has 2 rings (SSSR count). The molecule has 1 aromatic carbocycles. The average molecular weight is 370 g/mol. The Morgan fingerprint density at radius 2 is 1.88 bits per heavy atom. The molecule has 0 saturated carbocycles. The van der Waals surface area contributed by atoms with Crippen LogP contribution in [0, 0.1) is 0 Å². The normalized spacial score (nSPS) is 11.5. The molecule has 8 heteroatoms. The fourth-order valence-corrected chi connectivity index (χ4v) is 2.31. The lowest BCUT2D eigenvalue weighted by atomic mass is 10.2. The van der Waals surface area contributed by atoms with E-state index in [1.807, 2.05) is 0 Å². The van der Waals surface area contributed by atoms with E-state index in [2.05, 4.69) is 15.6 Å². The lowest BCUT2D eigenvalue weighted by Crippen LogP contribution is -2.32. The van der Waals surface area contributed by atoms with Gasteiger partial charge in [-0.2, -0.15) is 0 Å². The first-order chi connectivity index (χ1) is 11.4. The quantitative estimate of drug-likeness (QED) is 0.808. The third kappa shape index (κ3) is 4.43. The van der Waals surface area contributed by atoms with Crippen molar-refractivity contribution >= 4 is 40.6 Å². The van der Waals surface area contributed by atoms with Crippen LogP contribution in [0.15, 0.2) is 30.5 Å². The van der Waals surface area contributed by atoms with Crippen molar-refractivity contribution < 1.29 is 14.3 Å². The molecular weight excluding hydrogens is 353 g/mol. The Balaban J connectivity index is 2.10. The summed E-state index contributed by atoms with van der Waals surface area (Å²) >= 11 is 11.9. The van der Waals surface area contributed by atoms with E-state index in [0.29, 0.717) is 33.0 Å². The summed E-state index contributed by atoms with van der Waals surface area (Å²) in [5, 5.41) is 6.66. The molecule has 1 heterocycles. The number of aromatic nitrogens is 1. The molecule has 0 saturated heterocycles. The zero-order chi connectivity index (χ0) is 17.7. The van der Waals surface area contributed by atoms with Crippen molar-refractivity contribution in [1.82, 2.24) is 4.98 Å². The summed E-state index contributed by atoms with van der Waals surface area (Å²) in [4.78, 5) is 16.3. The van der Waals surface area contributed by atoms with Crippen LogP contribution in [0.25, 0.3) is 0 Å². The van der Waals surface area contributed by atoms with Crippen LogP contribution in [0.2, 0.25) is 10.0 Å². The number of nitrogens with zero attached hydrogens (tertiary/aromatic N) is 1. The number of nitrogens with one attached hydrogen (secondary N) is 2. The van der Waals surface area contributed by atoms with Gasteiger partial charge in [-0.15, -0.1) is 0 Å². The van der Waals surface area contributed by atoms with E-state index in [4.69, 9.17) is 32.7 Å². The Bertz CT molecular complexity index is 723. The van der Waals surface area contributed by atoms with Gasteiger partial charge in [-0.05, 0) is 25.1 Å². The van der Waals surface area contributed by atoms with Gasteiger partial charge in [0.1, 0.15) is 23.4 Å². The van der Waals surface area contributed by atoms with Crippen LogP contribution < -0.4 is 20.1 Å². The van der Waals surface area contributed by atoms with Crippen molar-refractivity contribution in [3.05, 3.63) is 40.5 Å². The van der Waals surface area contributed by atoms with Gasteiger partial charge in [0.15, 0.2) is 0 Å². The van der Waals surface area contributed by atoms with Crippen molar-refractivity contribution in [3.8, 4) is 11.5 Å². The van der Waals surface area contributed by atoms with Gasteiger partial charge in [-0.25, -0.2) is 4.98 Å². The second-order valence-electron chi connectivity index (χ2n) is 4.90. The maximum absolute atomic E-state index is 12.3. The topological polar surface area (TPSA) is 72.5 Å². The molecule has 2 N–H and O–H groups in total. The van der Waals surface area contributed by atoms with Gasteiger partial charge in [0, 0.05) is 12.3 Å². The maximum atomic E-state index is 12.3. The van der Waals surface area contributed by atoms with Crippen molar-refractivity contribution in [3.63, 3.8) is 0 Å². The van der Waals surface area contributed by atoms with Crippen molar-refractivity contribution in [1.29, 1.82) is 0 Å². The number of rotatable bonds is 6. The Morgan fingerprint density at radius 3 is 2.46 bits per heavy atom. The van der Waals surface area contributed by atoms with Gasteiger partial charge in [-0.1, -0.05) is 23.2 Å². The van der Waals surface area contributed by atoms with Crippen LogP contribution in [0.3, 0.4) is 0 Å². The van der Waals surface area contributed by atoms with Crippen LogP contribution in [0.5, 0.6) is 11.5 Å². The van der Waals surface area contributed by atoms with Crippen LogP contribution in [-0.4, -0.2) is 31.2 Å². The summed E-state index contributed by atoms with van der Waals surface area (Å²) in [6.45, 7) is 1.71. The standard InChI is InChI=1S/C16H17Cl2N3O3/c1-9(16(22)21-15-5-4-10(17)8-19-15)20-12-6-11(18)13(23-2)7-14(12)24-3/h4-9,20H,1-3H3,(H,19,21,22). The highest BCUT2D eigenvalue weighted by atomic mass is 35.5. The molecule has 2 aromatic rings. The summed E-state index contributed by atoms with van der Waals surface area (Å²) < 4.78 is 10.4. The molecule has 0 spiro atoms. The number of carbonyl (C=O) groups excluding carboxylic acids is 1. The number of ether oxygens (including phenoxy) is 2. The molecule has 1 atom stereocenters. The second-order valence-corrected chi connectivity index (χ2v) is 5.75. The van der Waals surface area contributed by atoms with E-state index in [0.717, 1.165) is 0 Å². The molecule has 0 aliphatic heterocycles. The number of methoxy groups -OCH3 is 2. The smallest absolute Gasteiger partial charge is 0.247 e. The van der Waals surface area contributed by atoms with E-state index < -0.39 is 6.04 Å². The van der Waals surface area contributed by atoms with Crippen molar-refractivity contribution in [2.45, 2.75) is 13.0 Å². The predicted molar refractivity (Wildman–Crippen MR) is 95.5 cm³/mol. The molecule has 128 valence electrons. The highest BCUT2D eigenvalue weighted by Crippen LogP contribution is 2.36. The molecule has 0 radical (unpaired) electrons. The molecule has 0 aliphatic rings. The van der Waals surface area contributed by atoms with Crippen LogP contribution in [0.1, 0.15) is 6.92 Å². The van der Waals surface area contributed by atoms with Crippen LogP contribution in [-0.2, 0) is 4.79 Å². The first kappa shape index (κ1) is 18.2. The number of carbonyl (C=O) groups is 1. The number of amides is 1. The van der Waals surface area contributed by atoms with E-state index in [1.54, 1.807) is 31.2 Å². The summed E-state index contributed by atoms with van der Waals surface area (Å²) in [5.41, 5.74) is 0.579. The predicted octanol–water partition coefficient (Wildman–Crippen LogP) is 3.84. The molecular formula is C16H17Cl2N3O3. The third-order valence-corrected chi connectivity index (χ3v) is 3.74. The average Bonchev–Trinajstić information content (AvgIpc) is 2.57. The van der Waals surface area contributed by atoms with E-state index in [9.17, 15) is 4.79 Å². The van der Waals surface area contributed by atoms with Gasteiger partial charge in [-0.3, -0.25) is 4.79 Å². The van der Waals surface area contributed by atoms with E-state index >= 15 is 0 Å². The number of hydrogen-bond donors (Lipinski definition) is 2. The lowest BCUT2D eigenvalue weighted by molar-refractivity contribution is -0.116. The van der Waals surface area contributed by atoms with Crippen LogP contribution >= 0.6 is 23.2 Å². The number of anilines is 2. The number of halogens is 2. The molecule has 0 fully saturated rings. The maximum Gasteiger partial charge on any atom is 0.247 e. The molecule has 0 bridgehead atoms. The fourth-order valence-electron chi connectivity index (χ4n) is 1.96. The Morgan fingerprint density at radius 1 is 1.17 bits per heavy atom. The van der Waals surface area contributed by atoms with Gasteiger partial charge in [0.2, 0.25) is 5.91 Å². The molecule has 6 nitrogen and oxygen atoms in total. The van der Waals surface area contributed by atoms with Crippen molar-refractivity contribution in [2.24, 2.45) is 0 Å². The van der Waals surface area contributed by atoms with E-state index in [-0.39, 0.29) is 5.91 Å². The zero-order valence-electron chi connectivity index (χ0n) is 13.4. The van der Waals surface area contributed by atoms with Crippen molar-refractivity contribution in [2.75, 3.05) is 24.9 Å². The lowest BCUT2D eigenvalue weighted by Gasteiger charge is -2.18. The summed E-state index contributed by atoms with van der Waals surface area (Å²) in [5.74, 6) is 1.15. The molecule has 1 unspecified atom stereocenters. The SMILES string of the molecule is COc1cc(OC)c(NC(C)C(=O)Nc2ccc(Cl)cn2)cc1Cl. The van der Waals surface area contributed by atoms with Gasteiger partial charge < -0.3 is 20.1 Å².